The highest BCUT2D eigenvalue weighted by molar-refractivity contribution is 5.99. The molecular weight excluding hydrogens is 228 g/mol. The van der Waals surface area contributed by atoms with Crippen LogP contribution in [0.15, 0.2) is 24.3 Å². The number of benzene rings is 1. The Labute approximate surface area is 109 Å². The second-order valence-corrected chi connectivity index (χ2v) is 4.23. The van der Waals surface area contributed by atoms with Gasteiger partial charge in [0.1, 0.15) is 0 Å². The van der Waals surface area contributed by atoms with E-state index in [1.54, 1.807) is 7.11 Å². The van der Waals surface area contributed by atoms with E-state index in [2.05, 4.69) is 17.6 Å². The number of amides is 1. The molecule has 0 radical (unpaired) electrons. The Morgan fingerprint density at radius 3 is 2.78 bits per heavy atom. The molecule has 0 aliphatic heterocycles. The van der Waals surface area contributed by atoms with Gasteiger partial charge >= 0.3 is 0 Å². The molecule has 0 saturated carbocycles. The first-order valence-corrected chi connectivity index (χ1v) is 6.33. The molecule has 0 spiro atoms. The maximum absolute atomic E-state index is 12.0. The zero-order chi connectivity index (χ0) is 13.4. The maximum atomic E-state index is 12.0. The minimum Gasteiger partial charge on any atom is -0.384 e. The van der Waals surface area contributed by atoms with Gasteiger partial charge in [-0.3, -0.25) is 4.79 Å². The number of hydrogen-bond donors (Lipinski definition) is 2. The zero-order valence-corrected chi connectivity index (χ0v) is 11.3. The molecule has 18 heavy (non-hydrogen) atoms. The lowest BCUT2D eigenvalue weighted by Gasteiger charge is -2.13. The summed E-state index contributed by atoms with van der Waals surface area (Å²) in [4.78, 5) is 12.0. The molecule has 1 aromatic carbocycles. The summed E-state index contributed by atoms with van der Waals surface area (Å²) in [7, 11) is 1.63. The molecule has 1 amide bonds. The Morgan fingerprint density at radius 1 is 1.39 bits per heavy atom. The van der Waals surface area contributed by atoms with Crippen molar-refractivity contribution in [3.05, 3.63) is 29.8 Å². The number of anilines is 1. The van der Waals surface area contributed by atoms with Crippen LogP contribution in [-0.4, -0.2) is 32.2 Å². The fraction of sp³-hybridized carbons (Fsp3) is 0.500. The van der Waals surface area contributed by atoms with E-state index in [-0.39, 0.29) is 12.0 Å². The lowest BCUT2D eigenvalue weighted by atomic mass is 10.1. The third-order valence-corrected chi connectivity index (χ3v) is 2.69. The normalized spacial score (nSPS) is 11.9. The summed E-state index contributed by atoms with van der Waals surface area (Å²) in [6.45, 7) is 5.38. The first-order chi connectivity index (χ1) is 8.69. The van der Waals surface area contributed by atoms with Crippen molar-refractivity contribution >= 4 is 11.6 Å². The largest absolute Gasteiger partial charge is 0.384 e. The highest BCUT2D eigenvalue weighted by Gasteiger charge is 2.11. The van der Waals surface area contributed by atoms with Gasteiger partial charge in [-0.1, -0.05) is 19.1 Å². The van der Waals surface area contributed by atoms with E-state index >= 15 is 0 Å². The molecule has 1 aromatic rings. The van der Waals surface area contributed by atoms with E-state index in [0.29, 0.717) is 12.1 Å². The highest BCUT2D eigenvalue weighted by Crippen LogP contribution is 2.14. The molecule has 1 rings (SSSR count). The number of para-hydroxylation sites is 1. The third-order valence-electron chi connectivity index (χ3n) is 2.69. The first kappa shape index (κ1) is 14.5. The van der Waals surface area contributed by atoms with E-state index in [1.807, 2.05) is 31.2 Å². The van der Waals surface area contributed by atoms with Gasteiger partial charge in [0, 0.05) is 25.9 Å². The topological polar surface area (TPSA) is 50.4 Å². The lowest BCUT2D eigenvalue weighted by molar-refractivity contribution is 0.0871. The average Bonchev–Trinajstić information content (AvgIpc) is 2.42. The number of hydrogen-bond acceptors (Lipinski definition) is 3. The monoisotopic (exact) mass is 250 g/mol. The van der Waals surface area contributed by atoms with Gasteiger partial charge in [-0.25, -0.2) is 0 Å². The van der Waals surface area contributed by atoms with Crippen molar-refractivity contribution in [1.82, 2.24) is 5.32 Å². The molecule has 2 N–H and O–H groups in total. The summed E-state index contributed by atoms with van der Waals surface area (Å²) in [5.41, 5.74) is 1.55. The van der Waals surface area contributed by atoms with Crippen LogP contribution >= 0.6 is 0 Å². The SMILES string of the molecule is CCCNc1ccccc1C(=O)NCC(C)OC. The second-order valence-electron chi connectivity index (χ2n) is 4.23. The van der Waals surface area contributed by atoms with Crippen molar-refractivity contribution in [2.75, 3.05) is 25.5 Å². The molecule has 0 fully saturated rings. The quantitative estimate of drug-likeness (QED) is 0.780. The van der Waals surface area contributed by atoms with Crippen molar-refractivity contribution in [3.8, 4) is 0 Å². The van der Waals surface area contributed by atoms with Gasteiger partial charge < -0.3 is 15.4 Å². The van der Waals surface area contributed by atoms with Crippen LogP contribution in [0, 0.1) is 0 Å². The summed E-state index contributed by atoms with van der Waals surface area (Å²) >= 11 is 0. The van der Waals surface area contributed by atoms with Gasteiger partial charge in [-0.2, -0.15) is 0 Å². The van der Waals surface area contributed by atoms with Crippen molar-refractivity contribution in [2.24, 2.45) is 0 Å². The first-order valence-electron chi connectivity index (χ1n) is 6.33. The fourth-order valence-corrected chi connectivity index (χ4v) is 1.51. The Balaban J connectivity index is 2.66. The number of nitrogens with one attached hydrogen (secondary N) is 2. The second kappa shape index (κ2) is 7.71. The Bertz CT molecular complexity index is 380. The lowest BCUT2D eigenvalue weighted by Crippen LogP contribution is -2.32. The Hall–Kier alpha value is -1.55. The van der Waals surface area contributed by atoms with Crippen LogP contribution in [0.3, 0.4) is 0 Å². The number of methoxy groups -OCH3 is 1. The van der Waals surface area contributed by atoms with Crippen LogP contribution in [0.5, 0.6) is 0 Å². The van der Waals surface area contributed by atoms with Gasteiger partial charge in [0.15, 0.2) is 0 Å². The van der Waals surface area contributed by atoms with E-state index in [1.165, 1.54) is 0 Å². The predicted molar refractivity (Wildman–Crippen MR) is 74.0 cm³/mol. The molecule has 0 aromatic heterocycles. The average molecular weight is 250 g/mol. The van der Waals surface area contributed by atoms with E-state index in [0.717, 1.165) is 18.7 Å². The summed E-state index contributed by atoms with van der Waals surface area (Å²) < 4.78 is 5.10. The van der Waals surface area contributed by atoms with E-state index in [9.17, 15) is 4.79 Å². The molecule has 1 atom stereocenters. The molecule has 0 aliphatic rings. The van der Waals surface area contributed by atoms with Crippen LogP contribution in [0.25, 0.3) is 0 Å². The molecule has 0 heterocycles. The maximum Gasteiger partial charge on any atom is 0.253 e. The molecule has 100 valence electrons. The molecule has 1 unspecified atom stereocenters. The van der Waals surface area contributed by atoms with Crippen molar-refractivity contribution in [1.29, 1.82) is 0 Å². The zero-order valence-electron chi connectivity index (χ0n) is 11.3. The van der Waals surface area contributed by atoms with E-state index in [4.69, 9.17) is 4.74 Å². The summed E-state index contributed by atoms with van der Waals surface area (Å²) in [6, 6.07) is 7.54. The van der Waals surface area contributed by atoms with Gasteiger partial charge in [-0.05, 0) is 25.5 Å². The van der Waals surface area contributed by atoms with Crippen LogP contribution in [-0.2, 0) is 4.74 Å². The number of carbonyl (C=O) groups is 1. The standard InChI is InChI=1S/C14H22N2O2/c1-4-9-15-13-8-6-5-7-12(13)14(17)16-10-11(2)18-3/h5-8,11,15H,4,9-10H2,1-3H3,(H,16,17). The van der Waals surface area contributed by atoms with Gasteiger partial charge in [-0.15, -0.1) is 0 Å². The molecule has 4 nitrogen and oxygen atoms in total. The van der Waals surface area contributed by atoms with Crippen molar-refractivity contribution in [3.63, 3.8) is 0 Å². The van der Waals surface area contributed by atoms with Crippen molar-refractivity contribution in [2.45, 2.75) is 26.4 Å². The molecule has 0 aliphatic carbocycles. The van der Waals surface area contributed by atoms with Gasteiger partial charge in [0.05, 0.1) is 11.7 Å². The predicted octanol–water partition coefficient (Wildman–Crippen LogP) is 2.27. The number of ether oxygens (including phenoxy) is 1. The smallest absolute Gasteiger partial charge is 0.253 e. The Kier molecular flexibility index (Phi) is 6.22. The molecule has 0 saturated heterocycles. The van der Waals surface area contributed by atoms with Crippen molar-refractivity contribution < 1.29 is 9.53 Å². The van der Waals surface area contributed by atoms with Gasteiger partial charge in [0.2, 0.25) is 0 Å². The third kappa shape index (κ3) is 4.37. The van der Waals surface area contributed by atoms with Crippen LogP contribution in [0.4, 0.5) is 5.69 Å². The molecular formula is C14H22N2O2. The number of rotatable bonds is 7. The Morgan fingerprint density at radius 2 is 2.11 bits per heavy atom. The van der Waals surface area contributed by atoms with Crippen LogP contribution in [0.2, 0.25) is 0 Å². The summed E-state index contributed by atoms with van der Waals surface area (Å²) in [6.07, 6.45) is 1.04. The van der Waals surface area contributed by atoms with Crippen LogP contribution in [0.1, 0.15) is 30.6 Å². The summed E-state index contributed by atoms with van der Waals surface area (Å²) in [5.74, 6) is -0.0712. The molecule has 4 heteroatoms. The fourth-order valence-electron chi connectivity index (χ4n) is 1.51. The minimum atomic E-state index is -0.0712. The van der Waals surface area contributed by atoms with Gasteiger partial charge in [0.25, 0.3) is 5.91 Å². The molecule has 0 bridgehead atoms. The minimum absolute atomic E-state index is 0.0183. The van der Waals surface area contributed by atoms with Crippen LogP contribution < -0.4 is 10.6 Å². The number of carbonyl (C=O) groups excluding carboxylic acids is 1. The highest BCUT2D eigenvalue weighted by atomic mass is 16.5. The van der Waals surface area contributed by atoms with E-state index < -0.39 is 0 Å². The summed E-state index contributed by atoms with van der Waals surface area (Å²) in [5, 5.41) is 6.12.